The van der Waals surface area contributed by atoms with Gasteiger partial charge in [-0.15, -0.1) is 0 Å². The molecule has 5 heteroatoms. The molecule has 21 heavy (non-hydrogen) atoms. The van der Waals surface area contributed by atoms with Gasteiger partial charge >= 0.3 is 0 Å². The Balaban J connectivity index is 1.75. The Hall–Kier alpha value is -1.07. The number of hydrogen-bond acceptors (Lipinski definition) is 3. The third-order valence-electron chi connectivity index (χ3n) is 4.95. The van der Waals surface area contributed by atoms with Crippen LogP contribution in [0.15, 0.2) is 23.1 Å². The summed E-state index contributed by atoms with van der Waals surface area (Å²) in [7, 11) is -3.65. The maximum atomic E-state index is 11.6. The Bertz CT molecular complexity index is 623. The van der Waals surface area contributed by atoms with Crippen molar-refractivity contribution < 1.29 is 8.42 Å². The molecule has 4 nitrogen and oxygen atoms in total. The molecule has 0 saturated heterocycles. The molecule has 0 aliphatic heterocycles. The fourth-order valence-corrected chi connectivity index (χ4v) is 4.46. The van der Waals surface area contributed by atoms with Gasteiger partial charge in [-0.1, -0.05) is 18.9 Å². The summed E-state index contributed by atoms with van der Waals surface area (Å²) in [6.07, 6.45) is 7.81. The van der Waals surface area contributed by atoms with Crippen molar-refractivity contribution >= 4 is 15.7 Å². The SMILES string of the molecule is Cc1c(NC2CCCC(C3CC3)C2)cccc1S(N)(=O)=O. The zero-order valence-corrected chi connectivity index (χ0v) is 13.3. The van der Waals surface area contributed by atoms with E-state index < -0.39 is 10.0 Å². The van der Waals surface area contributed by atoms with Gasteiger partial charge in [-0.3, -0.25) is 0 Å². The zero-order chi connectivity index (χ0) is 15.0. The van der Waals surface area contributed by atoms with Crippen molar-refractivity contribution in [2.24, 2.45) is 17.0 Å². The summed E-state index contributed by atoms with van der Waals surface area (Å²) >= 11 is 0. The lowest BCUT2D eigenvalue weighted by Crippen LogP contribution is -2.28. The van der Waals surface area contributed by atoms with E-state index in [1.54, 1.807) is 12.1 Å². The number of anilines is 1. The first kappa shape index (κ1) is 14.9. The van der Waals surface area contributed by atoms with Crippen molar-refractivity contribution in [1.82, 2.24) is 0 Å². The van der Waals surface area contributed by atoms with Crippen LogP contribution in [0.3, 0.4) is 0 Å². The highest BCUT2D eigenvalue weighted by atomic mass is 32.2. The van der Waals surface area contributed by atoms with Crippen LogP contribution < -0.4 is 10.5 Å². The second kappa shape index (κ2) is 5.61. The van der Waals surface area contributed by atoms with Gasteiger partial charge in [0.2, 0.25) is 10.0 Å². The normalized spacial score (nSPS) is 26.6. The summed E-state index contributed by atoms with van der Waals surface area (Å²) in [5.41, 5.74) is 1.64. The molecule has 2 unspecified atom stereocenters. The highest BCUT2D eigenvalue weighted by Crippen LogP contribution is 2.44. The van der Waals surface area contributed by atoms with Crippen molar-refractivity contribution in [1.29, 1.82) is 0 Å². The van der Waals surface area contributed by atoms with Crippen LogP contribution in [-0.4, -0.2) is 14.5 Å². The highest BCUT2D eigenvalue weighted by molar-refractivity contribution is 7.89. The highest BCUT2D eigenvalue weighted by Gasteiger charge is 2.34. The van der Waals surface area contributed by atoms with E-state index in [1.165, 1.54) is 38.5 Å². The summed E-state index contributed by atoms with van der Waals surface area (Å²) in [6.45, 7) is 1.82. The lowest BCUT2D eigenvalue weighted by atomic mass is 9.82. The van der Waals surface area contributed by atoms with E-state index in [9.17, 15) is 8.42 Å². The number of nitrogens with one attached hydrogen (secondary N) is 1. The number of rotatable bonds is 4. The van der Waals surface area contributed by atoms with Crippen molar-refractivity contribution in [3.63, 3.8) is 0 Å². The fraction of sp³-hybridized carbons (Fsp3) is 0.625. The second-order valence-electron chi connectivity index (χ2n) is 6.58. The van der Waals surface area contributed by atoms with Crippen molar-refractivity contribution in [2.75, 3.05) is 5.32 Å². The van der Waals surface area contributed by atoms with Crippen LogP contribution in [0.1, 0.15) is 44.1 Å². The first-order valence-electron chi connectivity index (χ1n) is 7.84. The van der Waals surface area contributed by atoms with E-state index in [0.29, 0.717) is 6.04 Å². The Morgan fingerprint density at radius 2 is 1.90 bits per heavy atom. The van der Waals surface area contributed by atoms with Crippen molar-refractivity contribution in [3.8, 4) is 0 Å². The Morgan fingerprint density at radius 1 is 1.14 bits per heavy atom. The van der Waals surface area contributed by atoms with Crippen molar-refractivity contribution in [3.05, 3.63) is 23.8 Å². The molecule has 3 rings (SSSR count). The molecule has 116 valence electrons. The molecule has 1 aromatic rings. The molecule has 0 radical (unpaired) electrons. The average molecular weight is 308 g/mol. The maximum absolute atomic E-state index is 11.6. The van der Waals surface area contributed by atoms with Gasteiger partial charge in [0.15, 0.2) is 0 Å². The molecule has 0 spiro atoms. The van der Waals surface area contributed by atoms with Crippen LogP contribution in [0.4, 0.5) is 5.69 Å². The van der Waals surface area contributed by atoms with Gasteiger partial charge in [-0.25, -0.2) is 13.6 Å². The van der Waals surface area contributed by atoms with Crippen LogP contribution in [0, 0.1) is 18.8 Å². The molecule has 2 aliphatic carbocycles. The van der Waals surface area contributed by atoms with Crippen LogP contribution >= 0.6 is 0 Å². The monoisotopic (exact) mass is 308 g/mol. The molecule has 2 aliphatic rings. The van der Waals surface area contributed by atoms with Gasteiger partial charge in [-0.05, 0) is 62.1 Å². The van der Waals surface area contributed by atoms with Crippen LogP contribution in [0.2, 0.25) is 0 Å². The number of sulfonamides is 1. The Morgan fingerprint density at radius 3 is 2.57 bits per heavy atom. The van der Waals surface area contributed by atoms with Crippen LogP contribution in [0.5, 0.6) is 0 Å². The molecule has 0 amide bonds. The number of nitrogens with two attached hydrogens (primary N) is 1. The van der Waals surface area contributed by atoms with E-state index in [1.807, 2.05) is 13.0 Å². The van der Waals surface area contributed by atoms with Gasteiger partial charge < -0.3 is 5.32 Å². The molecule has 2 atom stereocenters. The third-order valence-corrected chi connectivity index (χ3v) is 6.01. The molecule has 2 saturated carbocycles. The lowest BCUT2D eigenvalue weighted by molar-refractivity contribution is 0.303. The van der Waals surface area contributed by atoms with E-state index >= 15 is 0 Å². The third kappa shape index (κ3) is 3.40. The molecule has 0 aromatic heterocycles. The minimum Gasteiger partial charge on any atom is -0.382 e. The summed E-state index contributed by atoms with van der Waals surface area (Å²) in [5, 5.41) is 8.83. The predicted octanol–water partition coefficient (Wildman–Crippen LogP) is 3.02. The molecule has 0 bridgehead atoms. The fourth-order valence-electron chi connectivity index (χ4n) is 3.65. The average Bonchev–Trinajstić information content (AvgIpc) is 3.24. The molecule has 2 fully saturated rings. The topological polar surface area (TPSA) is 72.2 Å². The first-order valence-corrected chi connectivity index (χ1v) is 9.38. The quantitative estimate of drug-likeness (QED) is 0.898. The zero-order valence-electron chi connectivity index (χ0n) is 12.5. The van der Waals surface area contributed by atoms with E-state index in [4.69, 9.17) is 5.14 Å². The number of benzene rings is 1. The van der Waals surface area contributed by atoms with Gasteiger partial charge in [0.25, 0.3) is 0 Å². The molecular formula is C16H24N2O2S. The first-order chi connectivity index (χ1) is 9.95. The van der Waals surface area contributed by atoms with E-state index in [0.717, 1.165) is 23.1 Å². The number of hydrogen-bond donors (Lipinski definition) is 2. The van der Waals surface area contributed by atoms with Gasteiger partial charge in [0, 0.05) is 11.7 Å². The minimum absolute atomic E-state index is 0.224. The van der Waals surface area contributed by atoms with Gasteiger partial charge in [-0.2, -0.15) is 0 Å². The predicted molar refractivity (Wildman–Crippen MR) is 84.6 cm³/mol. The molecule has 3 N–H and O–H groups in total. The molecule has 1 aromatic carbocycles. The Labute approximate surface area is 127 Å². The lowest BCUT2D eigenvalue weighted by Gasteiger charge is -2.31. The summed E-state index contributed by atoms with van der Waals surface area (Å²) in [4.78, 5) is 0.224. The summed E-state index contributed by atoms with van der Waals surface area (Å²) in [5.74, 6) is 1.81. The molecular weight excluding hydrogens is 284 g/mol. The summed E-state index contributed by atoms with van der Waals surface area (Å²) < 4.78 is 23.2. The van der Waals surface area contributed by atoms with Crippen molar-refractivity contribution in [2.45, 2.75) is 56.4 Å². The summed E-state index contributed by atoms with van der Waals surface area (Å²) in [6, 6.07) is 5.74. The standard InChI is InChI=1S/C16H24N2O2S/c1-11-15(6-3-7-16(11)21(17,19)20)18-14-5-2-4-13(10-14)12-8-9-12/h3,6-7,12-14,18H,2,4-5,8-10H2,1H3,(H2,17,19,20). The minimum atomic E-state index is -3.65. The maximum Gasteiger partial charge on any atom is 0.238 e. The Kier molecular flexibility index (Phi) is 3.97. The van der Waals surface area contributed by atoms with Crippen LogP contribution in [0.25, 0.3) is 0 Å². The number of primary sulfonamides is 1. The molecule has 0 heterocycles. The van der Waals surface area contributed by atoms with Gasteiger partial charge in [0.05, 0.1) is 4.90 Å². The second-order valence-corrected chi connectivity index (χ2v) is 8.11. The van der Waals surface area contributed by atoms with Crippen LogP contribution in [-0.2, 0) is 10.0 Å². The van der Waals surface area contributed by atoms with E-state index in [2.05, 4.69) is 5.32 Å². The smallest absolute Gasteiger partial charge is 0.238 e. The van der Waals surface area contributed by atoms with Gasteiger partial charge in [0.1, 0.15) is 0 Å². The van der Waals surface area contributed by atoms with E-state index in [-0.39, 0.29) is 4.90 Å². The largest absolute Gasteiger partial charge is 0.382 e.